The average Bonchev–Trinajstić information content (AvgIpc) is 2.34. The lowest BCUT2D eigenvalue weighted by molar-refractivity contribution is 0.111. The Morgan fingerprint density at radius 1 is 1.25 bits per heavy atom. The number of piperazine rings is 1. The van der Waals surface area contributed by atoms with Crippen molar-refractivity contribution in [1.82, 2.24) is 10.2 Å². The van der Waals surface area contributed by atoms with Gasteiger partial charge in [-0.25, -0.2) is 0 Å². The molecule has 0 aromatic heterocycles. The van der Waals surface area contributed by atoms with Crippen LogP contribution in [0.3, 0.4) is 0 Å². The van der Waals surface area contributed by atoms with Crippen molar-refractivity contribution in [3.8, 4) is 0 Å². The van der Waals surface area contributed by atoms with Gasteiger partial charge in [-0.05, 0) is 12.5 Å². The molecule has 1 atom stereocenters. The number of nitrogens with one attached hydrogen (secondary N) is 1. The summed E-state index contributed by atoms with van der Waals surface area (Å²) in [5.41, 5.74) is 2.48. The van der Waals surface area contributed by atoms with Gasteiger partial charge in [0.15, 0.2) is 0 Å². The van der Waals surface area contributed by atoms with E-state index in [0.717, 1.165) is 26.2 Å². The Bertz CT molecular complexity index is 317. The summed E-state index contributed by atoms with van der Waals surface area (Å²) < 4.78 is 0. The van der Waals surface area contributed by atoms with Gasteiger partial charge in [0.05, 0.1) is 12.6 Å². The van der Waals surface area contributed by atoms with Crippen LogP contribution in [0.5, 0.6) is 0 Å². The Labute approximate surface area is 97.1 Å². The highest BCUT2D eigenvalue weighted by Crippen LogP contribution is 2.20. The Balaban J connectivity index is 2.11. The molecular weight excluding hydrogens is 200 g/mol. The fraction of sp³-hybridized carbons (Fsp3) is 0.538. The first kappa shape index (κ1) is 11.6. The van der Waals surface area contributed by atoms with Crippen LogP contribution in [0.15, 0.2) is 24.3 Å². The molecular formula is C13H20N2O. The van der Waals surface area contributed by atoms with E-state index in [9.17, 15) is 5.11 Å². The van der Waals surface area contributed by atoms with E-state index in [1.807, 2.05) is 0 Å². The van der Waals surface area contributed by atoms with Gasteiger partial charge in [-0.15, -0.1) is 0 Å². The Morgan fingerprint density at radius 2 is 1.88 bits per heavy atom. The molecule has 1 aliphatic heterocycles. The lowest BCUT2D eigenvalue weighted by Gasteiger charge is -2.34. The van der Waals surface area contributed by atoms with Crippen LogP contribution in [0.4, 0.5) is 0 Å². The average molecular weight is 220 g/mol. The van der Waals surface area contributed by atoms with Crippen LogP contribution in [0.25, 0.3) is 0 Å². The first-order chi connectivity index (χ1) is 7.81. The summed E-state index contributed by atoms with van der Waals surface area (Å²) in [4.78, 5) is 2.35. The van der Waals surface area contributed by atoms with Crippen LogP contribution >= 0.6 is 0 Å². The lowest BCUT2D eigenvalue weighted by atomic mass is 10.0. The second kappa shape index (κ2) is 5.43. The highest BCUT2D eigenvalue weighted by molar-refractivity contribution is 5.24. The standard InChI is InChI=1S/C13H20N2O/c1-11-2-4-12(5-3-11)13(10-16)15-8-6-14-7-9-15/h2-5,13-14,16H,6-10H2,1H3/t13-/m1/s1. The van der Waals surface area contributed by atoms with Gasteiger partial charge in [0.1, 0.15) is 0 Å². The molecule has 16 heavy (non-hydrogen) atoms. The molecule has 1 aliphatic rings. The SMILES string of the molecule is Cc1ccc([C@@H](CO)N2CCNCC2)cc1. The summed E-state index contributed by atoms with van der Waals surface area (Å²) in [6, 6.07) is 8.62. The third-order valence-corrected chi connectivity index (χ3v) is 3.23. The minimum Gasteiger partial charge on any atom is -0.394 e. The first-order valence-electron chi connectivity index (χ1n) is 5.93. The van der Waals surface area contributed by atoms with E-state index in [1.165, 1.54) is 11.1 Å². The Kier molecular flexibility index (Phi) is 3.93. The molecule has 0 saturated carbocycles. The maximum atomic E-state index is 9.54. The summed E-state index contributed by atoms with van der Waals surface area (Å²) in [5.74, 6) is 0. The monoisotopic (exact) mass is 220 g/mol. The molecule has 0 spiro atoms. The van der Waals surface area contributed by atoms with Crippen molar-refractivity contribution in [2.75, 3.05) is 32.8 Å². The largest absolute Gasteiger partial charge is 0.394 e. The summed E-state index contributed by atoms with van der Waals surface area (Å²) in [6.45, 7) is 6.34. The Hall–Kier alpha value is -0.900. The van der Waals surface area contributed by atoms with Crippen molar-refractivity contribution in [3.63, 3.8) is 0 Å². The van der Waals surface area contributed by atoms with Gasteiger partial charge >= 0.3 is 0 Å². The summed E-state index contributed by atoms with van der Waals surface area (Å²) in [6.07, 6.45) is 0. The normalized spacial score (nSPS) is 19.6. The number of aliphatic hydroxyl groups is 1. The van der Waals surface area contributed by atoms with Crippen LogP contribution in [0, 0.1) is 6.92 Å². The van der Waals surface area contributed by atoms with Crippen molar-refractivity contribution in [2.24, 2.45) is 0 Å². The zero-order chi connectivity index (χ0) is 11.4. The number of benzene rings is 1. The van der Waals surface area contributed by atoms with E-state index in [0.29, 0.717) is 0 Å². The van der Waals surface area contributed by atoms with Crippen LogP contribution in [0.2, 0.25) is 0 Å². The van der Waals surface area contributed by atoms with Crippen molar-refractivity contribution in [1.29, 1.82) is 0 Å². The molecule has 1 saturated heterocycles. The molecule has 1 aromatic rings. The van der Waals surface area contributed by atoms with Gasteiger partial charge in [-0.1, -0.05) is 29.8 Å². The molecule has 1 fully saturated rings. The zero-order valence-corrected chi connectivity index (χ0v) is 9.82. The maximum Gasteiger partial charge on any atom is 0.0628 e. The van der Waals surface area contributed by atoms with Crippen LogP contribution < -0.4 is 5.32 Å². The van der Waals surface area contributed by atoms with Crippen LogP contribution in [-0.4, -0.2) is 42.8 Å². The number of hydrogen-bond donors (Lipinski definition) is 2. The van der Waals surface area contributed by atoms with E-state index >= 15 is 0 Å². The predicted molar refractivity (Wildman–Crippen MR) is 65.4 cm³/mol. The number of hydrogen-bond acceptors (Lipinski definition) is 3. The molecule has 0 aliphatic carbocycles. The van der Waals surface area contributed by atoms with E-state index < -0.39 is 0 Å². The van der Waals surface area contributed by atoms with Gasteiger partial charge in [0.2, 0.25) is 0 Å². The predicted octanol–water partition coefficient (Wildman–Crippen LogP) is 0.934. The van der Waals surface area contributed by atoms with Crippen molar-refractivity contribution in [2.45, 2.75) is 13.0 Å². The highest BCUT2D eigenvalue weighted by Gasteiger charge is 2.20. The zero-order valence-electron chi connectivity index (χ0n) is 9.82. The third kappa shape index (κ3) is 2.61. The number of aliphatic hydroxyl groups excluding tert-OH is 1. The van der Waals surface area contributed by atoms with Gasteiger partial charge < -0.3 is 10.4 Å². The van der Waals surface area contributed by atoms with Gasteiger partial charge in [-0.2, -0.15) is 0 Å². The molecule has 88 valence electrons. The fourth-order valence-electron chi connectivity index (χ4n) is 2.21. The third-order valence-electron chi connectivity index (χ3n) is 3.23. The topological polar surface area (TPSA) is 35.5 Å². The van der Waals surface area contributed by atoms with E-state index in [1.54, 1.807) is 0 Å². The van der Waals surface area contributed by atoms with Gasteiger partial charge in [-0.3, -0.25) is 4.90 Å². The molecule has 0 amide bonds. The second-order valence-corrected chi connectivity index (χ2v) is 4.40. The number of rotatable bonds is 3. The molecule has 0 radical (unpaired) electrons. The number of aryl methyl sites for hydroxylation is 1. The lowest BCUT2D eigenvalue weighted by Crippen LogP contribution is -2.46. The van der Waals surface area contributed by atoms with E-state index in [-0.39, 0.29) is 12.6 Å². The van der Waals surface area contributed by atoms with Crippen molar-refractivity contribution < 1.29 is 5.11 Å². The summed E-state index contributed by atoms with van der Waals surface area (Å²) in [7, 11) is 0. The smallest absolute Gasteiger partial charge is 0.0628 e. The van der Waals surface area contributed by atoms with Crippen molar-refractivity contribution >= 4 is 0 Å². The molecule has 2 N–H and O–H groups in total. The molecule has 1 aromatic carbocycles. The molecule has 0 unspecified atom stereocenters. The van der Waals surface area contributed by atoms with Gasteiger partial charge in [0.25, 0.3) is 0 Å². The molecule has 3 heteroatoms. The van der Waals surface area contributed by atoms with Gasteiger partial charge in [0, 0.05) is 26.2 Å². The van der Waals surface area contributed by atoms with Crippen LogP contribution in [-0.2, 0) is 0 Å². The fourth-order valence-corrected chi connectivity index (χ4v) is 2.21. The van der Waals surface area contributed by atoms with Crippen molar-refractivity contribution in [3.05, 3.63) is 35.4 Å². The first-order valence-corrected chi connectivity index (χ1v) is 5.93. The van der Waals surface area contributed by atoms with E-state index in [4.69, 9.17) is 0 Å². The minimum atomic E-state index is 0.155. The minimum absolute atomic E-state index is 0.155. The second-order valence-electron chi connectivity index (χ2n) is 4.40. The summed E-state index contributed by atoms with van der Waals surface area (Å²) in [5, 5.41) is 12.9. The van der Waals surface area contributed by atoms with E-state index in [2.05, 4.69) is 41.4 Å². The summed E-state index contributed by atoms with van der Waals surface area (Å²) >= 11 is 0. The Morgan fingerprint density at radius 3 is 2.44 bits per heavy atom. The quantitative estimate of drug-likeness (QED) is 0.795. The molecule has 2 rings (SSSR count). The maximum absolute atomic E-state index is 9.54. The molecule has 0 bridgehead atoms. The molecule has 3 nitrogen and oxygen atoms in total. The number of nitrogens with zero attached hydrogens (tertiary/aromatic N) is 1. The van der Waals surface area contributed by atoms with Crippen LogP contribution in [0.1, 0.15) is 17.2 Å². The highest BCUT2D eigenvalue weighted by atomic mass is 16.3. The molecule has 1 heterocycles.